The van der Waals surface area contributed by atoms with E-state index in [1.165, 1.54) is 6.07 Å². The summed E-state index contributed by atoms with van der Waals surface area (Å²) in [4.78, 5) is 13.1. The van der Waals surface area contributed by atoms with Crippen LogP contribution in [0.2, 0.25) is 0 Å². The van der Waals surface area contributed by atoms with Crippen LogP contribution in [0.1, 0.15) is 18.9 Å². The number of hydrogen-bond acceptors (Lipinski definition) is 2. The highest BCUT2D eigenvalue weighted by Gasteiger charge is 2.10. The highest BCUT2D eigenvalue weighted by molar-refractivity contribution is 9.10. The lowest BCUT2D eigenvalue weighted by molar-refractivity contribution is -0.129. The molecule has 19 heavy (non-hydrogen) atoms. The van der Waals surface area contributed by atoms with Crippen LogP contribution >= 0.6 is 15.9 Å². The second-order valence-corrected chi connectivity index (χ2v) is 5.75. The van der Waals surface area contributed by atoms with Gasteiger partial charge in [0.25, 0.3) is 0 Å². The first-order valence-electron chi connectivity index (χ1n) is 6.27. The SMILES string of the molecule is CC(CC(=O)N(C)C)NCCc1cc(Br)ccc1F. The summed E-state index contributed by atoms with van der Waals surface area (Å²) in [6.07, 6.45) is 1.06. The molecule has 1 N–H and O–H groups in total. The Kier molecular flexibility index (Phi) is 6.45. The van der Waals surface area contributed by atoms with Crippen LogP contribution in [0.15, 0.2) is 22.7 Å². The molecule has 0 saturated carbocycles. The smallest absolute Gasteiger partial charge is 0.223 e. The summed E-state index contributed by atoms with van der Waals surface area (Å²) in [5.41, 5.74) is 0.674. The molecule has 0 aromatic heterocycles. The van der Waals surface area contributed by atoms with Crippen molar-refractivity contribution in [1.29, 1.82) is 0 Å². The van der Waals surface area contributed by atoms with E-state index in [1.807, 2.05) is 6.92 Å². The molecule has 1 rings (SSSR count). The van der Waals surface area contributed by atoms with Gasteiger partial charge in [-0.15, -0.1) is 0 Å². The van der Waals surface area contributed by atoms with Crippen molar-refractivity contribution in [3.63, 3.8) is 0 Å². The van der Waals surface area contributed by atoms with Gasteiger partial charge in [0, 0.05) is 31.0 Å². The standard InChI is InChI=1S/C14H20BrFN2O/c1-10(8-14(19)18(2)3)17-7-6-11-9-12(15)4-5-13(11)16/h4-5,9-10,17H,6-8H2,1-3H3. The minimum absolute atomic E-state index is 0.0881. The number of benzene rings is 1. The number of nitrogens with zero attached hydrogens (tertiary/aromatic N) is 1. The lowest BCUT2D eigenvalue weighted by atomic mass is 10.1. The van der Waals surface area contributed by atoms with Crippen molar-refractivity contribution >= 4 is 21.8 Å². The maximum Gasteiger partial charge on any atom is 0.223 e. The van der Waals surface area contributed by atoms with Crippen LogP contribution in [0.5, 0.6) is 0 Å². The van der Waals surface area contributed by atoms with Crippen LogP contribution in [0.4, 0.5) is 4.39 Å². The fourth-order valence-corrected chi connectivity index (χ4v) is 2.11. The zero-order valence-corrected chi connectivity index (χ0v) is 13.1. The molecule has 0 bridgehead atoms. The predicted octanol–water partition coefficient (Wildman–Crippen LogP) is 2.59. The van der Waals surface area contributed by atoms with Gasteiger partial charge in [0.05, 0.1) is 0 Å². The molecule has 1 aromatic carbocycles. The fourth-order valence-electron chi connectivity index (χ4n) is 1.70. The summed E-state index contributed by atoms with van der Waals surface area (Å²) in [6, 6.07) is 5.01. The molecule has 1 aromatic rings. The third-order valence-electron chi connectivity index (χ3n) is 2.87. The molecular formula is C14H20BrFN2O. The maximum atomic E-state index is 13.5. The van der Waals surface area contributed by atoms with Gasteiger partial charge in [-0.1, -0.05) is 15.9 Å². The Morgan fingerprint density at radius 3 is 2.79 bits per heavy atom. The molecule has 0 aliphatic carbocycles. The Labute approximate surface area is 122 Å². The number of carbonyl (C=O) groups excluding carboxylic acids is 1. The van der Waals surface area contributed by atoms with E-state index in [4.69, 9.17) is 0 Å². The summed E-state index contributed by atoms with van der Waals surface area (Å²) < 4.78 is 14.4. The number of amides is 1. The van der Waals surface area contributed by atoms with Crippen LogP contribution in [0.3, 0.4) is 0 Å². The topological polar surface area (TPSA) is 32.3 Å². The van der Waals surface area contributed by atoms with Crippen molar-refractivity contribution in [3.8, 4) is 0 Å². The van der Waals surface area contributed by atoms with E-state index in [2.05, 4.69) is 21.2 Å². The average Bonchev–Trinajstić information content (AvgIpc) is 2.33. The zero-order chi connectivity index (χ0) is 14.4. The van der Waals surface area contributed by atoms with Gasteiger partial charge >= 0.3 is 0 Å². The quantitative estimate of drug-likeness (QED) is 0.869. The molecule has 1 amide bonds. The molecule has 3 nitrogen and oxygen atoms in total. The Balaban J connectivity index is 2.37. The molecule has 5 heteroatoms. The monoisotopic (exact) mass is 330 g/mol. The predicted molar refractivity (Wildman–Crippen MR) is 78.6 cm³/mol. The van der Waals surface area contributed by atoms with Crippen LogP contribution in [-0.4, -0.2) is 37.5 Å². The Morgan fingerprint density at radius 2 is 2.16 bits per heavy atom. The van der Waals surface area contributed by atoms with Gasteiger partial charge in [-0.3, -0.25) is 4.79 Å². The number of halogens is 2. The second-order valence-electron chi connectivity index (χ2n) is 4.83. The number of nitrogens with one attached hydrogen (secondary N) is 1. The minimum Gasteiger partial charge on any atom is -0.349 e. The van der Waals surface area contributed by atoms with Gasteiger partial charge in [-0.05, 0) is 43.7 Å². The van der Waals surface area contributed by atoms with Crippen LogP contribution < -0.4 is 5.32 Å². The normalized spacial score (nSPS) is 12.3. The minimum atomic E-state index is -0.193. The van der Waals surface area contributed by atoms with Crippen molar-refractivity contribution < 1.29 is 9.18 Å². The molecular weight excluding hydrogens is 311 g/mol. The van der Waals surface area contributed by atoms with Gasteiger partial charge < -0.3 is 10.2 Å². The Morgan fingerprint density at radius 1 is 1.47 bits per heavy atom. The average molecular weight is 331 g/mol. The van der Waals surface area contributed by atoms with Crippen LogP contribution in [-0.2, 0) is 11.2 Å². The van der Waals surface area contributed by atoms with E-state index >= 15 is 0 Å². The molecule has 0 heterocycles. The molecule has 106 valence electrons. The van der Waals surface area contributed by atoms with Gasteiger partial charge in [-0.25, -0.2) is 4.39 Å². The number of rotatable bonds is 6. The third-order valence-corrected chi connectivity index (χ3v) is 3.37. The Bertz CT molecular complexity index is 437. The van der Waals surface area contributed by atoms with E-state index in [-0.39, 0.29) is 17.8 Å². The summed E-state index contributed by atoms with van der Waals surface area (Å²) in [7, 11) is 3.48. The van der Waals surface area contributed by atoms with E-state index in [9.17, 15) is 9.18 Å². The molecule has 0 saturated heterocycles. The van der Waals surface area contributed by atoms with E-state index in [0.29, 0.717) is 24.9 Å². The van der Waals surface area contributed by atoms with Crippen LogP contribution in [0, 0.1) is 5.82 Å². The molecule has 0 aliphatic heterocycles. The first kappa shape index (κ1) is 16.1. The lowest BCUT2D eigenvalue weighted by Crippen LogP contribution is -2.34. The van der Waals surface area contributed by atoms with Crippen molar-refractivity contribution in [2.45, 2.75) is 25.8 Å². The lowest BCUT2D eigenvalue weighted by Gasteiger charge is -2.16. The highest BCUT2D eigenvalue weighted by atomic mass is 79.9. The summed E-state index contributed by atoms with van der Waals surface area (Å²) >= 11 is 3.33. The van der Waals surface area contributed by atoms with Crippen molar-refractivity contribution in [1.82, 2.24) is 10.2 Å². The molecule has 0 spiro atoms. The van der Waals surface area contributed by atoms with E-state index in [1.54, 1.807) is 31.1 Å². The molecule has 0 aliphatic rings. The number of carbonyl (C=O) groups is 1. The van der Waals surface area contributed by atoms with Crippen LogP contribution in [0.25, 0.3) is 0 Å². The van der Waals surface area contributed by atoms with Gasteiger partial charge in [0.2, 0.25) is 5.91 Å². The molecule has 0 fully saturated rings. The van der Waals surface area contributed by atoms with Gasteiger partial charge in [0.1, 0.15) is 5.82 Å². The summed E-state index contributed by atoms with van der Waals surface area (Å²) in [5.74, 6) is -0.101. The fraction of sp³-hybridized carbons (Fsp3) is 0.500. The largest absolute Gasteiger partial charge is 0.349 e. The maximum absolute atomic E-state index is 13.5. The zero-order valence-electron chi connectivity index (χ0n) is 11.5. The molecule has 1 atom stereocenters. The second kappa shape index (κ2) is 7.60. The van der Waals surface area contributed by atoms with Gasteiger partial charge in [-0.2, -0.15) is 0 Å². The highest BCUT2D eigenvalue weighted by Crippen LogP contribution is 2.15. The Hall–Kier alpha value is -0.940. The van der Waals surface area contributed by atoms with Crippen molar-refractivity contribution in [2.24, 2.45) is 0 Å². The van der Waals surface area contributed by atoms with Gasteiger partial charge in [0.15, 0.2) is 0 Å². The first-order valence-corrected chi connectivity index (χ1v) is 7.07. The summed E-state index contributed by atoms with van der Waals surface area (Å²) in [5, 5.41) is 3.23. The first-order chi connectivity index (χ1) is 8.90. The number of hydrogen-bond donors (Lipinski definition) is 1. The summed E-state index contributed by atoms with van der Waals surface area (Å²) in [6.45, 7) is 2.61. The van der Waals surface area contributed by atoms with E-state index < -0.39 is 0 Å². The van der Waals surface area contributed by atoms with Crippen molar-refractivity contribution in [3.05, 3.63) is 34.1 Å². The molecule has 0 radical (unpaired) electrons. The third kappa shape index (κ3) is 5.70. The molecule has 1 unspecified atom stereocenters. The van der Waals surface area contributed by atoms with Crippen molar-refractivity contribution in [2.75, 3.05) is 20.6 Å². The van der Waals surface area contributed by atoms with E-state index in [0.717, 1.165) is 4.47 Å².